The van der Waals surface area contributed by atoms with Crippen molar-refractivity contribution < 1.29 is 9.53 Å². The summed E-state index contributed by atoms with van der Waals surface area (Å²) in [5, 5.41) is 11.5. The maximum absolute atomic E-state index is 13.0. The van der Waals surface area contributed by atoms with Crippen molar-refractivity contribution in [2.75, 3.05) is 30.4 Å². The number of ether oxygens (including phenoxy) is 1. The summed E-state index contributed by atoms with van der Waals surface area (Å²) >= 11 is 5.83. The van der Waals surface area contributed by atoms with E-state index in [9.17, 15) is 4.79 Å². The summed E-state index contributed by atoms with van der Waals surface area (Å²) in [6.45, 7) is 7.89. The third kappa shape index (κ3) is 4.73. The predicted octanol–water partition coefficient (Wildman–Crippen LogP) is 4.29. The first kappa shape index (κ1) is 20.4. The topological polar surface area (TPSA) is 67.3 Å². The molecule has 1 unspecified atom stereocenters. The molecule has 0 aliphatic carbocycles. The SMILES string of the molecule is COc1ccc(C(C)(C)C)cc1NC(=O)C1CCCN(c2ccc(Cl)nn2)C1. The van der Waals surface area contributed by atoms with Crippen molar-refractivity contribution in [1.82, 2.24) is 10.2 Å². The molecule has 6 nitrogen and oxygen atoms in total. The van der Waals surface area contributed by atoms with E-state index in [-0.39, 0.29) is 17.2 Å². The second-order valence-corrected chi connectivity index (χ2v) is 8.54. The molecular formula is C21H27ClN4O2. The lowest BCUT2D eigenvalue weighted by molar-refractivity contribution is -0.120. The zero-order valence-electron chi connectivity index (χ0n) is 16.8. The van der Waals surface area contributed by atoms with Crippen molar-refractivity contribution in [1.29, 1.82) is 0 Å². The van der Waals surface area contributed by atoms with Gasteiger partial charge in [-0.15, -0.1) is 10.2 Å². The molecule has 0 spiro atoms. The number of piperidine rings is 1. The zero-order chi connectivity index (χ0) is 20.3. The predicted molar refractivity (Wildman–Crippen MR) is 112 cm³/mol. The first-order valence-corrected chi connectivity index (χ1v) is 9.89. The van der Waals surface area contributed by atoms with Gasteiger partial charge in [-0.05, 0) is 48.1 Å². The molecule has 1 aromatic heterocycles. The number of halogens is 1. The summed E-state index contributed by atoms with van der Waals surface area (Å²) in [5.41, 5.74) is 1.84. The Morgan fingerprint density at radius 2 is 2.04 bits per heavy atom. The molecule has 1 saturated heterocycles. The van der Waals surface area contributed by atoms with Crippen LogP contribution < -0.4 is 15.0 Å². The van der Waals surface area contributed by atoms with E-state index in [0.717, 1.165) is 30.8 Å². The number of rotatable bonds is 4. The van der Waals surface area contributed by atoms with Crippen LogP contribution in [0.25, 0.3) is 0 Å². The second-order valence-electron chi connectivity index (χ2n) is 8.15. The molecule has 1 atom stereocenters. The van der Waals surface area contributed by atoms with Gasteiger partial charge in [0.2, 0.25) is 5.91 Å². The Morgan fingerprint density at radius 3 is 2.68 bits per heavy atom. The number of carbonyl (C=O) groups excluding carboxylic acids is 1. The number of hydrogen-bond donors (Lipinski definition) is 1. The molecule has 1 aliphatic heterocycles. The van der Waals surface area contributed by atoms with Crippen molar-refractivity contribution in [3.05, 3.63) is 41.0 Å². The summed E-state index contributed by atoms with van der Waals surface area (Å²) in [6, 6.07) is 9.51. The van der Waals surface area contributed by atoms with Crippen LogP contribution in [0.5, 0.6) is 5.75 Å². The van der Waals surface area contributed by atoms with Gasteiger partial charge in [0.05, 0.1) is 18.7 Å². The monoisotopic (exact) mass is 402 g/mol. The molecule has 2 aromatic rings. The maximum atomic E-state index is 13.0. The molecule has 1 N–H and O–H groups in total. The van der Waals surface area contributed by atoms with Gasteiger partial charge in [0.1, 0.15) is 5.75 Å². The van der Waals surface area contributed by atoms with Crippen LogP contribution in [0, 0.1) is 5.92 Å². The minimum Gasteiger partial charge on any atom is -0.495 e. The number of methoxy groups -OCH3 is 1. The van der Waals surface area contributed by atoms with Crippen LogP contribution in [0.15, 0.2) is 30.3 Å². The summed E-state index contributed by atoms with van der Waals surface area (Å²) in [5.74, 6) is 1.28. The highest BCUT2D eigenvalue weighted by Gasteiger charge is 2.27. The number of aromatic nitrogens is 2. The first-order valence-electron chi connectivity index (χ1n) is 9.51. The Morgan fingerprint density at radius 1 is 1.25 bits per heavy atom. The van der Waals surface area contributed by atoms with Gasteiger partial charge in [-0.25, -0.2) is 0 Å². The molecule has 1 fully saturated rings. The minimum absolute atomic E-state index is 0.00372. The highest BCUT2D eigenvalue weighted by molar-refractivity contribution is 6.29. The zero-order valence-corrected chi connectivity index (χ0v) is 17.6. The summed E-state index contributed by atoms with van der Waals surface area (Å²) < 4.78 is 5.45. The van der Waals surface area contributed by atoms with E-state index in [1.807, 2.05) is 24.3 Å². The largest absolute Gasteiger partial charge is 0.495 e. The molecule has 1 amide bonds. The van der Waals surface area contributed by atoms with Gasteiger partial charge in [-0.1, -0.05) is 38.4 Å². The number of anilines is 2. The van der Waals surface area contributed by atoms with Crippen LogP contribution in [-0.2, 0) is 10.2 Å². The van der Waals surface area contributed by atoms with Crippen molar-refractivity contribution in [2.45, 2.75) is 39.0 Å². The van der Waals surface area contributed by atoms with E-state index in [2.05, 4.69) is 41.2 Å². The maximum Gasteiger partial charge on any atom is 0.229 e. The molecule has 150 valence electrons. The van der Waals surface area contributed by atoms with E-state index < -0.39 is 0 Å². The fraction of sp³-hybridized carbons (Fsp3) is 0.476. The number of carbonyl (C=O) groups is 1. The average molecular weight is 403 g/mol. The molecule has 0 radical (unpaired) electrons. The van der Waals surface area contributed by atoms with Gasteiger partial charge in [0.25, 0.3) is 0 Å². The van der Waals surface area contributed by atoms with E-state index in [1.165, 1.54) is 0 Å². The lowest BCUT2D eigenvalue weighted by Crippen LogP contribution is -2.41. The smallest absolute Gasteiger partial charge is 0.229 e. The molecule has 0 saturated carbocycles. The number of nitrogens with zero attached hydrogens (tertiary/aromatic N) is 3. The normalized spacial score (nSPS) is 17.3. The van der Waals surface area contributed by atoms with Gasteiger partial charge in [-0.3, -0.25) is 4.79 Å². The van der Waals surface area contributed by atoms with Crippen LogP contribution in [-0.4, -0.2) is 36.3 Å². The second kappa shape index (κ2) is 8.35. The van der Waals surface area contributed by atoms with Gasteiger partial charge >= 0.3 is 0 Å². The molecule has 7 heteroatoms. The quantitative estimate of drug-likeness (QED) is 0.826. The van der Waals surface area contributed by atoms with Crippen molar-refractivity contribution >= 4 is 29.0 Å². The van der Waals surface area contributed by atoms with Crippen LogP contribution in [0.4, 0.5) is 11.5 Å². The van der Waals surface area contributed by atoms with Crippen LogP contribution >= 0.6 is 11.6 Å². The molecule has 0 bridgehead atoms. The lowest BCUT2D eigenvalue weighted by Gasteiger charge is -2.32. The summed E-state index contributed by atoms with van der Waals surface area (Å²) in [7, 11) is 1.61. The number of hydrogen-bond acceptors (Lipinski definition) is 5. The van der Waals surface area contributed by atoms with Crippen LogP contribution in [0.1, 0.15) is 39.2 Å². The Kier molecular flexibility index (Phi) is 6.08. The summed E-state index contributed by atoms with van der Waals surface area (Å²) in [4.78, 5) is 15.1. The highest BCUT2D eigenvalue weighted by Crippen LogP contribution is 2.32. The lowest BCUT2D eigenvalue weighted by atomic mass is 9.86. The Balaban J connectivity index is 1.74. The van der Waals surface area contributed by atoms with Crippen molar-refractivity contribution in [2.24, 2.45) is 5.92 Å². The van der Waals surface area contributed by atoms with Gasteiger partial charge in [-0.2, -0.15) is 0 Å². The van der Waals surface area contributed by atoms with Crippen LogP contribution in [0.2, 0.25) is 5.15 Å². The molecule has 2 heterocycles. The Labute approximate surface area is 171 Å². The molecule has 1 aromatic carbocycles. The number of amides is 1. The average Bonchev–Trinajstić information content (AvgIpc) is 2.68. The van der Waals surface area contributed by atoms with Gasteiger partial charge < -0.3 is 15.0 Å². The van der Waals surface area contributed by atoms with Crippen molar-refractivity contribution in [3.63, 3.8) is 0 Å². The van der Waals surface area contributed by atoms with Crippen molar-refractivity contribution in [3.8, 4) is 5.75 Å². The third-order valence-corrected chi connectivity index (χ3v) is 5.26. The fourth-order valence-corrected chi connectivity index (χ4v) is 3.48. The Bertz CT molecular complexity index is 833. The van der Waals surface area contributed by atoms with E-state index in [0.29, 0.717) is 23.1 Å². The van der Waals surface area contributed by atoms with Crippen LogP contribution in [0.3, 0.4) is 0 Å². The van der Waals surface area contributed by atoms with E-state index in [4.69, 9.17) is 16.3 Å². The van der Waals surface area contributed by atoms with Gasteiger partial charge in [0.15, 0.2) is 11.0 Å². The first-order chi connectivity index (χ1) is 13.3. The van der Waals surface area contributed by atoms with E-state index in [1.54, 1.807) is 13.2 Å². The van der Waals surface area contributed by atoms with E-state index >= 15 is 0 Å². The fourth-order valence-electron chi connectivity index (χ4n) is 3.38. The molecule has 28 heavy (non-hydrogen) atoms. The molecule has 3 rings (SSSR count). The minimum atomic E-state index is -0.130. The molecule has 1 aliphatic rings. The standard InChI is InChI=1S/C21H27ClN4O2/c1-21(2,3)15-7-8-17(28-4)16(12-15)23-20(27)14-6-5-11-26(13-14)19-10-9-18(22)24-25-19/h7-10,12,14H,5-6,11,13H2,1-4H3,(H,23,27). The highest BCUT2D eigenvalue weighted by atomic mass is 35.5. The molecular weight excluding hydrogens is 376 g/mol. The summed E-state index contributed by atoms with van der Waals surface area (Å²) in [6.07, 6.45) is 1.76. The third-order valence-electron chi connectivity index (χ3n) is 5.06. The van der Waals surface area contributed by atoms with Gasteiger partial charge in [0, 0.05) is 13.1 Å². The number of nitrogens with one attached hydrogen (secondary N) is 1. The Hall–Kier alpha value is -2.34. The number of benzene rings is 1.